The maximum Gasteiger partial charge on any atom is 0.254 e. The quantitative estimate of drug-likeness (QED) is 0.416. The number of benzene rings is 1. The number of amides is 1. The number of H-pyrrole nitrogens is 1. The first-order valence-corrected chi connectivity index (χ1v) is 10.0. The summed E-state index contributed by atoms with van der Waals surface area (Å²) in [6, 6.07) is 10.9. The normalized spacial score (nSPS) is 11.1. The molecule has 30 heavy (non-hydrogen) atoms. The summed E-state index contributed by atoms with van der Waals surface area (Å²) in [5.41, 5.74) is 2.73. The minimum absolute atomic E-state index is 0.0402. The second-order valence-electron chi connectivity index (χ2n) is 7.12. The largest absolute Gasteiger partial charge is 0.346 e. The maximum atomic E-state index is 13.6. The summed E-state index contributed by atoms with van der Waals surface area (Å²) in [6.45, 7) is 0.779. The van der Waals surface area contributed by atoms with Gasteiger partial charge < -0.3 is 10.3 Å². The van der Waals surface area contributed by atoms with Crippen LogP contribution in [-0.4, -0.2) is 30.6 Å². The molecule has 0 saturated carbocycles. The molecule has 154 valence electrons. The third-order valence-electron chi connectivity index (χ3n) is 4.89. The van der Waals surface area contributed by atoms with Gasteiger partial charge in [-0.2, -0.15) is 5.10 Å². The summed E-state index contributed by atoms with van der Waals surface area (Å²) in [6.07, 6.45) is 8.67. The lowest BCUT2D eigenvalue weighted by atomic mass is 10.2. The highest BCUT2D eigenvalue weighted by Gasteiger charge is 2.10. The van der Waals surface area contributed by atoms with Gasteiger partial charge in [0.05, 0.1) is 35.0 Å². The fourth-order valence-electron chi connectivity index (χ4n) is 3.28. The first-order chi connectivity index (χ1) is 14.7. The molecule has 8 heteroatoms. The number of pyridine rings is 1. The monoisotopic (exact) mass is 406 g/mol. The number of aromatic amines is 1. The van der Waals surface area contributed by atoms with Crippen molar-refractivity contribution >= 4 is 16.9 Å². The zero-order valence-electron chi connectivity index (χ0n) is 16.5. The lowest BCUT2D eigenvalue weighted by molar-refractivity contribution is 0.0950. The summed E-state index contributed by atoms with van der Waals surface area (Å²) in [5, 5.41) is 6.91. The third kappa shape index (κ3) is 4.89. The van der Waals surface area contributed by atoms with Gasteiger partial charge in [-0.15, -0.1) is 0 Å². The van der Waals surface area contributed by atoms with Gasteiger partial charge in [0.1, 0.15) is 11.6 Å². The van der Waals surface area contributed by atoms with E-state index in [9.17, 15) is 9.18 Å². The molecule has 4 aromatic rings. The van der Waals surface area contributed by atoms with Crippen molar-refractivity contribution in [1.29, 1.82) is 0 Å². The van der Waals surface area contributed by atoms with Gasteiger partial charge in [-0.05, 0) is 37.1 Å². The molecule has 2 N–H and O–H groups in total. The number of fused-ring (bicyclic) bond motifs is 1. The van der Waals surface area contributed by atoms with Crippen molar-refractivity contribution in [2.45, 2.75) is 38.8 Å². The molecule has 4 rings (SSSR count). The summed E-state index contributed by atoms with van der Waals surface area (Å²) >= 11 is 0. The molecule has 1 amide bonds. The number of imidazole rings is 1. The summed E-state index contributed by atoms with van der Waals surface area (Å²) in [5.74, 6) is 0.283. The van der Waals surface area contributed by atoms with Crippen LogP contribution >= 0.6 is 0 Å². The zero-order chi connectivity index (χ0) is 20.8. The Morgan fingerprint density at radius 2 is 2.03 bits per heavy atom. The van der Waals surface area contributed by atoms with Crippen LogP contribution in [-0.2, 0) is 19.5 Å². The molecule has 3 aromatic heterocycles. The van der Waals surface area contributed by atoms with Gasteiger partial charge in [-0.25, -0.2) is 9.37 Å². The van der Waals surface area contributed by atoms with Crippen molar-refractivity contribution in [3.8, 4) is 0 Å². The summed E-state index contributed by atoms with van der Waals surface area (Å²) in [7, 11) is 0. The van der Waals surface area contributed by atoms with E-state index in [0.717, 1.165) is 49.1 Å². The Bertz CT molecular complexity index is 1100. The van der Waals surface area contributed by atoms with Crippen LogP contribution in [0, 0.1) is 5.82 Å². The number of nitrogens with zero attached hydrogens (tertiary/aromatic N) is 4. The van der Waals surface area contributed by atoms with E-state index >= 15 is 0 Å². The second kappa shape index (κ2) is 9.30. The number of aromatic nitrogens is 5. The minimum Gasteiger partial charge on any atom is -0.346 e. The number of rotatable bonds is 9. The number of carbonyl (C=O) groups excluding carboxylic acids is 1. The number of hydrogen-bond donors (Lipinski definition) is 2. The number of unbranched alkanes of at least 4 members (excludes halogenated alkanes) is 2. The predicted molar refractivity (Wildman–Crippen MR) is 111 cm³/mol. The standard InChI is InChI=1S/C22H23FN6O/c23-17-7-6-11-24-20(17)14-25-22(30)16-13-26-29(15-16)12-5-1-2-10-21-27-18-8-3-4-9-19(18)28-21/h3-4,6-9,11,13,15H,1-2,5,10,12,14H2,(H,25,30)(H,27,28). The van der Waals surface area contributed by atoms with E-state index in [1.165, 1.54) is 24.5 Å². The number of para-hydroxylation sites is 2. The van der Waals surface area contributed by atoms with Crippen LogP contribution in [0.5, 0.6) is 0 Å². The average molecular weight is 406 g/mol. The molecule has 3 heterocycles. The fourth-order valence-corrected chi connectivity index (χ4v) is 3.28. The molecule has 0 radical (unpaired) electrons. The lowest BCUT2D eigenvalue weighted by Crippen LogP contribution is -2.23. The summed E-state index contributed by atoms with van der Waals surface area (Å²) in [4.78, 5) is 24.1. The second-order valence-corrected chi connectivity index (χ2v) is 7.12. The SMILES string of the molecule is O=C(NCc1ncccc1F)c1cnn(CCCCCc2nc3ccccc3[nH]2)c1. The van der Waals surface area contributed by atoms with E-state index < -0.39 is 5.82 Å². The Morgan fingerprint density at radius 1 is 1.13 bits per heavy atom. The van der Waals surface area contributed by atoms with Gasteiger partial charge in [-0.3, -0.25) is 14.5 Å². The van der Waals surface area contributed by atoms with E-state index in [4.69, 9.17) is 0 Å². The van der Waals surface area contributed by atoms with Gasteiger partial charge >= 0.3 is 0 Å². The van der Waals surface area contributed by atoms with Gasteiger partial charge in [0.25, 0.3) is 5.91 Å². The van der Waals surface area contributed by atoms with E-state index in [0.29, 0.717) is 5.56 Å². The van der Waals surface area contributed by atoms with Gasteiger partial charge in [0.15, 0.2) is 0 Å². The summed E-state index contributed by atoms with van der Waals surface area (Å²) < 4.78 is 15.3. The van der Waals surface area contributed by atoms with Crippen molar-refractivity contribution in [2.75, 3.05) is 0 Å². The molecule has 0 spiro atoms. The fraction of sp³-hybridized carbons (Fsp3) is 0.273. The highest BCUT2D eigenvalue weighted by molar-refractivity contribution is 5.93. The van der Waals surface area contributed by atoms with Crippen molar-refractivity contribution in [3.05, 3.63) is 77.9 Å². The molecule has 7 nitrogen and oxygen atoms in total. The number of aryl methyl sites for hydroxylation is 2. The Balaban J connectivity index is 1.19. The Labute approximate surface area is 173 Å². The number of hydrogen-bond acceptors (Lipinski definition) is 4. The minimum atomic E-state index is -0.434. The van der Waals surface area contributed by atoms with Crippen molar-refractivity contribution in [1.82, 2.24) is 30.0 Å². The van der Waals surface area contributed by atoms with Crippen molar-refractivity contribution in [3.63, 3.8) is 0 Å². The average Bonchev–Trinajstić information content (AvgIpc) is 3.39. The van der Waals surface area contributed by atoms with E-state index in [-0.39, 0.29) is 18.1 Å². The highest BCUT2D eigenvalue weighted by Crippen LogP contribution is 2.12. The van der Waals surface area contributed by atoms with Gasteiger partial charge in [0, 0.05) is 25.4 Å². The van der Waals surface area contributed by atoms with E-state index in [1.807, 2.05) is 24.3 Å². The molecule has 0 aliphatic heterocycles. The first kappa shape index (κ1) is 19.8. The molecule has 0 fully saturated rings. The predicted octanol–water partition coefficient (Wildman–Crippen LogP) is 3.64. The highest BCUT2D eigenvalue weighted by atomic mass is 19.1. The zero-order valence-corrected chi connectivity index (χ0v) is 16.5. The van der Waals surface area contributed by atoms with E-state index in [1.54, 1.807) is 10.9 Å². The smallest absolute Gasteiger partial charge is 0.254 e. The molecule has 1 aromatic carbocycles. The van der Waals surface area contributed by atoms with Crippen LogP contribution in [0.2, 0.25) is 0 Å². The first-order valence-electron chi connectivity index (χ1n) is 10.0. The Kier molecular flexibility index (Phi) is 6.12. The third-order valence-corrected chi connectivity index (χ3v) is 4.89. The van der Waals surface area contributed by atoms with Crippen LogP contribution in [0.1, 0.15) is 41.1 Å². The molecule has 0 saturated heterocycles. The van der Waals surface area contributed by atoms with Crippen LogP contribution in [0.25, 0.3) is 11.0 Å². The number of nitrogens with one attached hydrogen (secondary N) is 2. The number of carbonyl (C=O) groups is 1. The van der Waals surface area contributed by atoms with Crippen LogP contribution in [0.3, 0.4) is 0 Å². The Morgan fingerprint density at radius 3 is 2.90 bits per heavy atom. The molecule has 0 unspecified atom stereocenters. The van der Waals surface area contributed by atoms with Crippen molar-refractivity contribution in [2.24, 2.45) is 0 Å². The van der Waals surface area contributed by atoms with Crippen LogP contribution < -0.4 is 5.32 Å². The molecular formula is C22H23FN6O. The maximum absolute atomic E-state index is 13.6. The lowest BCUT2D eigenvalue weighted by Gasteiger charge is -2.04. The molecule has 0 aliphatic rings. The molecule has 0 bridgehead atoms. The molecule has 0 atom stereocenters. The van der Waals surface area contributed by atoms with Crippen LogP contribution in [0.15, 0.2) is 55.0 Å². The van der Waals surface area contributed by atoms with E-state index in [2.05, 4.69) is 25.4 Å². The van der Waals surface area contributed by atoms with Crippen LogP contribution in [0.4, 0.5) is 4.39 Å². The molecular weight excluding hydrogens is 383 g/mol. The van der Waals surface area contributed by atoms with Crippen molar-refractivity contribution < 1.29 is 9.18 Å². The Hall–Kier alpha value is -3.55. The van der Waals surface area contributed by atoms with Gasteiger partial charge in [-0.1, -0.05) is 18.6 Å². The molecule has 0 aliphatic carbocycles. The van der Waals surface area contributed by atoms with Gasteiger partial charge in [0.2, 0.25) is 0 Å². The topological polar surface area (TPSA) is 88.5 Å². The number of halogens is 1.